The van der Waals surface area contributed by atoms with Crippen molar-refractivity contribution in [2.24, 2.45) is 0 Å². The van der Waals surface area contributed by atoms with Crippen LogP contribution in [0.5, 0.6) is 0 Å². The highest BCUT2D eigenvalue weighted by molar-refractivity contribution is 7.71. The minimum absolute atomic E-state index is 0.211. The zero-order valence-electron chi connectivity index (χ0n) is 7.80. The van der Waals surface area contributed by atoms with Crippen molar-refractivity contribution in [3.8, 4) is 11.3 Å². The van der Waals surface area contributed by atoms with Crippen molar-refractivity contribution in [1.82, 2.24) is 9.97 Å². The van der Waals surface area contributed by atoms with Crippen molar-refractivity contribution in [1.29, 1.82) is 0 Å². The van der Waals surface area contributed by atoms with Gasteiger partial charge in [-0.15, -0.1) is 0 Å². The lowest BCUT2D eigenvalue weighted by Crippen LogP contribution is -1.92. The molecule has 0 amide bonds. The maximum atomic E-state index is 13.5. The molecule has 2 aromatic rings. The predicted molar refractivity (Wildman–Crippen MR) is 64.8 cm³/mol. The highest BCUT2D eigenvalue weighted by atomic mass is 35.5. The van der Waals surface area contributed by atoms with Gasteiger partial charge in [-0.25, -0.2) is 9.37 Å². The van der Waals surface area contributed by atoms with Gasteiger partial charge in [-0.2, -0.15) is 0 Å². The van der Waals surface area contributed by atoms with Crippen molar-refractivity contribution in [3.63, 3.8) is 0 Å². The van der Waals surface area contributed by atoms with Gasteiger partial charge in [0.15, 0.2) is 10.6 Å². The number of H-pyrrole nitrogens is 1. The molecule has 0 atom stereocenters. The number of rotatable bonds is 1. The van der Waals surface area contributed by atoms with E-state index in [4.69, 9.17) is 35.4 Å². The van der Waals surface area contributed by atoms with Gasteiger partial charge in [0.2, 0.25) is 0 Å². The van der Waals surface area contributed by atoms with Crippen LogP contribution in [-0.2, 0) is 0 Å². The van der Waals surface area contributed by atoms with Crippen LogP contribution in [-0.4, -0.2) is 9.97 Å². The quantitative estimate of drug-likeness (QED) is 0.788. The molecular formula is C10H5Cl2FN2S. The van der Waals surface area contributed by atoms with Gasteiger partial charge < -0.3 is 4.98 Å². The van der Waals surface area contributed by atoms with Crippen molar-refractivity contribution in [2.75, 3.05) is 0 Å². The van der Waals surface area contributed by atoms with Crippen LogP contribution in [0, 0.1) is 10.6 Å². The molecule has 0 saturated heterocycles. The molecule has 0 radical (unpaired) electrons. The maximum Gasteiger partial charge on any atom is 0.197 e. The zero-order valence-corrected chi connectivity index (χ0v) is 10.1. The molecule has 0 saturated carbocycles. The molecule has 1 heterocycles. The third-order valence-corrected chi connectivity index (χ3v) is 2.92. The molecule has 16 heavy (non-hydrogen) atoms. The molecule has 82 valence electrons. The molecule has 0 aliphatic heterocycles. The van der Waals surface area contributed by atoms with Crippen LogP contribution in [0.15, 0.2) is 24.4 Å². The third kappa shape index (κ3) is 2.24. The molecule has 2 rings (SSSR count). The number of halogens is 3. The smallest absolute Gasteiger partial charge is 0.197 e. The Labute approximate surface area is 106 Å². The molecule has 0 unspecified atom stereocenters. The predicted octanol–water partition coefficient (Wildman–Crippen LogP) is 4.25. The Kier molecular flexibility index (Phi) is 3.23. The molecule has 1 aromatic carbocycles. The summed E-state index contributed by atoms with van der Waals surface area (Å²) in [6, 6.07) is 4.81. The monoisotopic (exact) mass is 274 g/mol. The lowest BCUT2D eigenvalue weighted by molar-refractivity contribution is 0.617. The normalized spacial score (nSPS) is 10.4. The number of hydrogen-bond acceptors (Lipinski definition) is 2. The van der Waals surface area contributed by atoms with Gasteiger partial charge >= 0.3 is 0 Å². The molecule has 0 spiro atoms. The van der Waals surface area contributed by atoms with E-state index in [-0.39, 0.29) is 10.5 Å². The minimum Gasteiger partial charge on any atom is -0.328 e. The van der Waals surface area contributed by atoms with Crippen molar-refractivity contribution in [2.45, 2.75) is 0 Å². The molecule has 0 aliphatic rings. The summed E-state index contributed by atoms with van der Waals surface area (Å²) >= 11 is 16.4. The number of nitrogens with one attached hydrogen (secondary N) is 1. The average Bonchev–Trinajstić information content (AvgIpc) is 2.26. The molecule has 1 N–H and O–H groups in total. The van der Waals surface area contributed by atoms with Crippen LogP contribution in [0.1, 0.15) is 0 Å². The average molecular weight is 275 g/mol. The Bertz CT molecular complexity index is 598. The first kappa shape index (κ1) is 11.5. The number of hydrogen-bond donors (Lipinski definition) is 1. The van der Waals surface area contributed by atoms with Gasteiger partial charge in [-0.3, -0.25) is 0 Å². The Hall–Kier alpha value is -0.970. The zero-order chi connectivity index (χ0) is 11.7. The van der Waals surface area contributed by atoms with E-state index >= 15 is 0 Å². The van der Waals surface area contributed by atoms with Crippen molar-refractivity contribution in [3.05, 3.63) is 45.0 Å². The van der Waals surface area contributed by atoms with Crippen LogP contribution >= 0.6 is 35.4 Å². The number of benzene rings is 1. The van der Waals surface area contributed by atoms with Gasteiger partial charge in [-0.1, -0.05) is 29.3 Å². The lowest BCUT2D eigenvalue weighted by Gasteiger charge is -2.04. The standard InChI is InChI=1S/C10H5Cl2FN2S/c11-6-2-1-5(3-7(6)12)9-8(13)4-14-10(16)15-9/h1-4H,(H,14,15,16). The summed E-state index contributed by atoms with van der Waals surface area (Å²) in [5, 5.41) is 0.771. The molecule has 1 aromatic heterocycles. The summed E-state index contributed by atoms with van der Waals surface area (Å²) in [7, 11) is 0. The fourth-order valence-corrected chi connectivity index (χ4v) is 1.69. The van der Waals surface area contributed by atoms with E-state index in [1.54, 1.807) is 18.2 Å². The summed E-state index contributed by atoms with van der Waals surface area (Å²) in [6.07, 6.45) is 1.07. The maximum absolute atomic E-state index is 13.5. The highest BCUT2D eigenvalue weighted by Gasteiger charge is 2.07. The van der Waals surface area contributed by atoms with E-state index in [1.165, 1.54) is 0 Å². The third-order valence-electron chi connectivity index (χ3n) is 1.97. The fourth-order valence-electron chi connectivity index (χ4n) is 1.24. The van der Waals surface area contributed by atoms with Gasteiger partial charge in [0.05, 0.1) is 21.9 Å². The van der Waals surface area contributed by atoms with Crippen LogP contribution in [0.3, 0.4) is 0 Å². The van der Waals surface area contributed by atoms with E-state index in [2.05, 4.69) is 9.97 Å². The summed E-state index contributed by atoms with van der Waals surface area (Å²) < 4.78 is 13.7. The molecule has 0 aliphatic carbocycles. The topological polar surface area (TPSA) is 28.7 Å². The summed E-state index contributed by atoms with van der Waals surface area (Å²) in [5.74, 6) is -0.494. The summed E-state index contributed by atoms with van der Waals surface area (Å²) in [4.78, 5) is 6.30. The number of aromatic amines is 1. The minimum atomic E-state index is -0.494. The molecular weight excluding hydrogens is 270 g/mol. The molecule has 0 fully saturated rings. The molecule has 0 bridgehead atoms. The molecule has 2 nitrogen and oxygen atoms in total. The van der Waals surface area contributed by atoms with Crippen molar-refractivity contribution >= 4 is 35.4 Å². The van der Waals surface area contributed by atoms with Crippen molar-refractivity contribution < 1.29 is 4.39 Å². The first-order chi connectivity index (χ1) is 7.58. The Morgan fingerprint density at radius 2 is 2.00 bits per heavy atom. The fraction of sp³-hybridized carbons (Fsp3) is 0. The Balaban J connectivity index is 2.62. The van der Waals surface area contributed by atoms with Crippen LogP contribution in [0.4, 0.5) is 4.39 Å². The van der Waals surface area contributed by atoms with Gasteiger partial charge in [0.1, 0.15) is 0 Å². The van der Waals surface area contributed by atoms with E-state index in [0.29, 0.717) is 15.6 Å². The van der Waals surface area contributed by atoms with Gasteiger partial charge in [0, 0.05) is 5.56 Å². The second kappa shape index (κ2) is 4.49. The van der Waals surface area contributed by atoms with E-state index in [9.17, 15) is 4.39 Å². The summed E-state index contributed by atoms with van der Waals surface area (Å²) in [5.41, 5.74) is 0.818. The Morgan fingerprint density at radius 3 is 2.69 bits per heavy atom. The van der Waals surface area contributed by atoms with E-state index in [0.717, 1.165) is 6.20 Å². The second-order valence-electron chi connectivity index (χ2n) is 3.04. The van der Waals surface area contributed by atoms with Gasteiger partial charge in [-0.05, 0) is 24.4 Å². The van der Waals surface area contributed by atoms with Gasteiger partial charge in [0.25, 0.3) is 0 Å². The highest BCUT2D eigenvalue weighted by Crippen LogP contribution is 2.28. The summed E-state index contributed by atoms with van der Waals surface area (Å²) in [6.45, 7) is 0. The Morgan fingerprint density at radius 1 is 1.25 bits per heavy atom. The number of nitrogens with zero attached hydrogens (tertiary/aromatic N) is 1. The molecule has 6 heteroatoms. The van der Waals surface area contributed by atoms with E-state index < -0.39 is 5.82 Å². The van der Waals surface area contributed by atoms with Crippen LogP contribution < -0.4 is 0 Å². The number of aromatic nitrogens is 2. The van der Waals surface area contributed by atoms with Crippen LogP contribution in [0.25, 0.3) is 11.3 Å². The van der Waals surface area contributed by atoms with Crippen LogP contribution in [0.2, 0.25) is 10.0 Å². The first-order valence-corrected chi connectivity index (χ1v) is 5.44. The largest absolute Gasteiger partial charge is 0.328 e. The lowest BCUT2D eigenvalue weighted by atomic mass is 10.1. The SMILES string of the molecule is Fc1cnc(=S)[nH]c1-c1ccc(Cl)c(Cl)c1. The second-order valence-corrected chi connectivity index (χ2v) is 4.24. The van der Waals surface area contributed by atoms with E-state index in [1.807, 2.05) is 0 Å². The first-order valence-electron chi connectivity index (χ1n) is 4.28.